The molecule has 5 heteroatoms. The van der Waals surface area contributed by atoms with Crippen molar-refractivity contribution in [3.05, 3.63) is 47.9 Å². The van der Waals surface area contributed by atoms with Crippen LogP contribution >= 0.6 is 0 Å². The number of fused-ring (bicyclic) bond motifs is 2. The molecule has 3 aromatic rings. The summed E-state index contributed by atoms with van der Waals surface area (Å²) in [5.41, 5.74) is 6.77. The van der Waals surface area contributed by atoms with Crippen molar-refractivity contribution in [2.24, 2.45) is 4.99 Å². The van der Waals surface area contributed by atoms with Crippen LogP contribution in [0.3, 0.4) is 0 Å². The SMILES string of the molecule is CC.CC=N/C(=C\C)c1nn2c(c1-c1cnc3ccccc3n1)CCC2. The van der Waals surface area contributed by atoms with E-state index in [1.165, 1.54) is 5.69 Å². The van der Waals surface area contributed by atoms with E-state index in [2.05, 4.69) is 14.7 Å². The Morgan fingerprint density at radius 2 is 1.92 bits per heavy atom. The molecule has 5 nitrogen and oxygen atoms in total. The molecule has 3 heterocycles. The second kappa shape index (κ2) is 8.04. The van der Waals surface area contributed by atoms with Crippen LogP contribution in [0.4, 0.5) is 0 Å². The summed E-state index contributed by atoms with van der Waals surface area (Å²) in [6.07, 6.45) is 7.79. The number of benzene rings is 1. The Kier molecular flexibility index (Phi) is 5.56. The van der Waals surface area contributed by atoms with E-state index in [1.807, 2.05) is 64.2 Å². The zero-order chi connectivity index (χ0) is 18.5. The predicted molar refractivity (Wildman–Crippen MR) is 108 cm³/mol. The Morgan fingerprint density at radius 3 is 2.65 bits per heavy atom. The molecule has 26 heavy (non-hydrogen) atoms. The highest BCUT2D eigenvalue weighted by Gasteiger charge is 2.25. The lowest BCUT2D eigenvalue weighted by atomic mass is 10.1. The number of para-hydroxylation sites is 2. The molecule has 0 fully saturated rings. The lowest BCUT2D eigenvalue weighted by Gasteiger charge is -2.06. The standard InChI is InChI=1S/C19H19N5.C2H6/c1-3-13(20-4-2)19-18(17-10-7-11-24(17)23-19)16-12-21-14-8-5-6-9-15(14)22-16;1-2/h3-6,8-9,12H,7,10-11H2,1-2H3;1-2H3/b13-3-,20-4?;. The third-order valence-electron chi connectivity index (χ3n) is 4.33. The van der Waals surface area contributed by atoms with Gasteiger partial charge in [-0.05, 0) is 38.8 Å². The minimum atomic E-state index is 0.873. The minimum absolute atomic E-state index is 0.873. The van der Waals surface area contributed by atoms with Crippen LogP contribution in [0.5, 0.6) is 0 Å². The van der Waals surface area contributed by atoms with E-state index in [4.69, 9.17) is 10.1 Å². The Balaban J connectivity index is 0.000000948. The molecular weight excluding hydrogens is 322 g/mol. The Bertz CT molecular complexity index is 966. The van der Waals surface area contributed by atoms with Gasteiger partial charge in [0.2, 0.25) is 0 Å². The van der Waals surface area contributed by atoms with Crippen molar-refractivity contribution in [3.63, 3.8) is 0 Å². The van der Waals surface area contributed by atoms with Crippen molar-refractivity contribution in [1.29, 1.82) is 0 Å². The van der Waals surface area contributed by atoms with Gasteiger partial charge in [-0.3, -0.25) is 14.7 Å². The van der Waals surface area contributed by atoms with Gasteiger partial charge in [-0.15, -0.1) is 0 Å². The molecule has 0 radical (unpaired) electrons. The normalized spacial score (nSPS) is 13.8. The molecule has 1 aromatic carbocycles. The molecule has 0 saturated heterocycles. The summed E-state index contributed by atoms with van der Waals surface area (Å²) in [6, 6.07) is 7.95. The number of aromatic nitrogens is 4. The number of rotatable bonds is 3. The van der Waals surface area contributed by atoms with E-state index < -0.39 is 0 Å². The first-order chi connectivity index (χ1) is 12.8. The summed E-state index contributed by atoms with van der Waals surface area (Å²) in [7, 11) is 0. The molecule has 1 aliphatic heterocycles. The first-order valence-corrected chi connectivity index (χ1v) is 9.29. The number of hydrogen-bond donors (Lipinski definition) is 0. The molecule has 134 valence electrons. The fourth-order valence-electron chi connectivity index (χ4n) is 3.27. The van der Waals surface area contributed by atoms with Gasteiger partial charge in [-0.1, -0.05) is 32.1 Å². The number of allylic oxidation sites excluding steroid dienone is 1. The molecule has 1 aliphatic rings. The Hall–Kier alpha value is -2.82. The summed E-state index contributed by atoms with van der Waals surface area (Å²) in [6.45, 7) is 8.86. The maximum Gasteiger partial charge on any atom is 0.120 e. The third-order valence-corrected chi connectivity index (χ3v) is 4.33. The summed E-state index contributed by atoms with van der Waals surface area (Å²) >= 11 is 0. The van der Waals surface area contributed by atoms with Crippen molar-refractivity contribution in [2.75, 3.05) is 0 Å². The lowest BCUT2D eigenvalue weighted by Crippen LogP contribution is -1.95. The summed E-state index contributed by atoms with van der Waals surface area (Å²) in [5.74, 6) is 0. The number of hydrogen-bond acceptors (Lipinski definition) is 4. The van der Waals surface area contributed by atoms with Crippen molar-refractivity contribution in [2.45, 2.75) is 47.1 Å². The van der Waals surface area contributed by atoms with Crippen molar-refractivity contribution in [3.8, 4) is 11.3 Å². The highest BCUT2D eigenvalue weighted by molar-refractivity contribution is 5.84. The van der Waals surface area contributed by atoms with Gasteiger partial charge < -0.3 is 0 Å². The molecule has 4 rings (SSSR count). The average molecular weight is 347 g/mol. The van der Waals surface area contributed by atoms with Gasteiger partial charge in [-0.2, -0.15) is 5.10 Å². The largest absolute Gasteiger partial charge is 0.268 e. The van der Waals surface area contributed by atoms with Gasteiger partial charge in [0, 0.05) is 18.5 Å². The molecule has 2 aromatic heterocycles. The van der Waals surface area contributed by atoms with Crippen LogP contribution in [-0.4, -0.2) is 26.0 Å². The molecule has 0 saturated carbocycles. The van der Waals surface area contributed by atoms with Gasteiger partial charge in [0.05, 0.1) is 34.2 Å². The smallest absolute Gasteiger partial charge is 0.120 e. The third kappa shape index (κ3) is 3.17. The fourth-order valence-corrected chi connectivity index (χ4v) is 3.27. The minimum Gasteiger partial charge on any atom is -0.268 e. The van der Waals surface area contributed by atoms with Gasteiger partial charge in [0.15, 0.2) is 0 Å². The van der Waals surface area contributed by atoms with Crippen LogP contribution in [0.2, 0.25) is 0 Å². The van der Waals surface area contributed by atoms with Crippen LogP contribution in [0.1, 0.15) is 45.5 Å². The molecule has 0 bridgehead atoms. The monoisotopic (exact) mass is 347 g/mol. The Morgan fingerprint density at radius 1 is 1.15 bits per heavy atom. The second-order valence-corrected chi connectivity index (χ2v) is 5.80. The topological polar surface area (TPSA) is 56.0 Å². The molecule has 0 unspecified atom stereocenters. The maximum absolute atomic E-state index is 4.84. The van der Waals surface area contributed by atoms with Gasteiger partial charge in [-0.25, -0.2) is 4.98 Å². The van der Waals surface area contributed by atoms with E-state index in [0.717, 1.165) is 53.1 Å². The van der Waals surface area contributed by atoms with Crippen molar-refractivity contribution >= 4 is 22.9 Å². The molecule has 0 atom stereocenters. The summed E-state index contributed by atoms with van der Waals surface area (Å²) in [4.78, 5) is 13.9. The van der Waals surface area contributed by atoms with Gasteiger partial charge in [0.25, 0.3) is 0 Å². The first-order valence-electron chi connectivity index (χ1n) is 9.29. The zero-order valence-electron chi connectivity index (χ0n) is 15.9. The van der Waals surface area contributed by atoms with E-state index in [1.54, 1.807) is 6.21 Å². The van der Waals surface area contributed by atoms with Gasteiger partial charge in [0.1, 0.15) is 5.69 Å². The number of aryl methyl sites for hydroxylation is 1. The van der Waals surface area contributed by atoms with E-state index >= 15 is 0 Å². The zero-order valence-corrected chi connectivity index (χ0v) is 15.9. The van der Waals surface area contributed by atoms with E-state index in [-0.39, 0.29) is 0 Å². The van der Waals surface area contributed by atoms with E-state index in [9.17, 15) is 0 Å². The number of aliphatic imine (C=N–C) groups is 1. The Labute approximate surface area is 154 Å². The second-order valence-electron chi connectivity index (χ2n) is 5.80. The van der Waals surface area contributed by atoms with Gasteiger partial charge >= 0.3 is 0 Å². The number of nitrogens with zero attached hydrogens (tertiary/aromatic N) is 5. The molecule has 0 aliphatic carbocycles. The van der Waals surface area contributed by atoms with Crippen LogP contribution in [0, 0.1) is 0 Å². The van der Waals surface area contributed by atoms with Crippen LogP contribution in [-0.2, 0) is 13.0 Å². The first kappa shape index (κ1) is 18.0. The van der Waals surface area contributed by atoms with E-state index in [0.29, 0.717) is 0 Å². The van der Waals surface area contributed by atoms with Crippen LogP contribution in [0.15, 0.2) is 41.5 Å². The molecule has 0 amide bonds. The average Bonchev–Trinajstić information content (AvgIpc) is 3.28. The fraction of sp³-hybridized carbons (Fsp3) is 0.333. The highest BCUT2D eigenvalue weighted by atomic mass is 15.3. The van der Waals surface area contributed by atoms with Crippen LogP contribution in [0.25, 0.3) is 28.0 Å². The quantitative estimate of drug-likeness (QED) is 0.632. The lowest BCUT2D eigenvalue weighted by molar-refractivity contribution is 0.654. The van der Waals surface area contributed by atoms with Crippen molar-refractivity contribution < 1.29 is 0 Å². The predicted octanol–water partition coefficient (Wildman–Crippen LogP) is 4.92. The maximum atomic E-state index is 4.84. The molecular formula is C21H25N5. The molecule has 0 N–H and O–H groups in total. The molecule has 0 spiro atoms. The highest BCUT2D eigenvalue weighted by Crippen LogP contribution is 2.35. The van der Waals surface area contributed by atoms with Crippen LogP contribution < -0.4 is 0 Å². The summed E-state index contributed by atoms with van der Waals surface area (Å²) < 4.78 is 2.09. The van der Waals surface area contributed by atoms with Crippen molar-refractivity contribution in [1.82, 2.24) is 19.7 Å². The summed E-state index contributed by atoms with van der Waals surface area (Å²) in [5, 5.41) is 4.80.